The first-order valence-corrected chi connectivity index (χ1v) is 17.8. The van der Waals surface area contributed by atoms with Crippen molar-refractivity contribution in [2.75, 3.05) is 27.2 Å². The lowest BCUT2D eigenvalue weighted by molar-refractivity contribution is -0.151. The number of nitrogens with two attached hydrogens (primary N) is 1. The topological polar surface area (TPSA) is 107 Å². The second kappa shape index (κ2) is 15.5. The van der Waals surface area contributed by atoms with Gasteiger partial charge in [-0.2, -0.15) is 0 Å². The Morgan fingerprint density at radius 3 is 2.18 bits per heavy atom. The fourth-order valence-electron chi connectivity index (χ4n) is 6.43. The van der Waals surface area contributed by atoms with Gasteiger partial charge in [-0.1, -0.05) is 84.9 Å². The van der Waals surface area contributed by atoms with Crippen LogP contribution in [-0.4, -0.2) is 82.3 Å². The SMILES string of the molecule is CN(C(=O)/C=C/CC(C)(C)N)[C@H](Cc1ccc2ccccc2c1)C(=O)N(C)[C@H](Cc1ccccc1)C(=O)N1CCC(O)(c2cccs2)CC1. The number of hydrogen-bond acceptors (Lipinski definition) is 6. The minimum atomic E-state index is -0.970. The number of rotatable bonds is 12. The van der Waals surface area contributed by atoms with Crippen LogP contribution in [0.4, 0.5) is 0 Å². The average Bonchev–Trinajstić information content (AvgIpc) is 3.65. The fraction of sp³-hybridized carbons (Fsp3) is 0.375. The number of carbonyl (C=O) groups is 3. The normalized spacial score (nSPS) is 16.0. The number of likely N-dealkylation sites (N-methyl/N-ethyl adjacent to an activating group) is 2. The van der Waals surface area contributed by atoms with Crippen molar-refractivity contribution in [3.05, 3.63) is 118 Å². The molecule has 8 nitrogen and oxygen atoms in total. The zero-order valence-corrected chi connectivity index (χ0v) is 29.7. The maximum Gasteiger partial charge on any atom is 0.246 e. The highest BCUT2D eigenvalue weighted by Crippen LogP contribution is 2.36. The molecule has 1 aliphatic rings. The summed E-state index contributed by atoms with van der Waals surface area (Å²) in [5.41, 5.74) is 6.52. The molecular formula is C40H48N4O4S. The second-order valence-corrected chi connectivity index (χ2v) is 14.9. The van der Waals surface area contributed by atoms with E-state index in [-0.39, 0.29) is 24.1 Å². The third-order valence-corrected chi connectivity index (χ3v) is 10.6. The molecule has 2 heterocycles. The van der Waals surface area contributed by atoms with E-state index in [1.165, 1.54) is 27.2 Å². The summed E-state index contributed by atoms with van der Waals surface area (Å²) in [6, 6.07) is 26.0. The van der Waals surface area contributed by atoms with Gasteiger partial charge in [0.25, 0.3) is 0 Å². The van der Waals surface area contributed by atoms with Gasteiger partial charge < -0.3 is 25.5 Å². The zero-order chi connectivity index (χ0) is 35.2. The Bertz CT molecular complexity index is 1760. The number of benzene rings is 3. The Balaban J connectivity index is 1.43. The number of likely N-dealkylation sites (tertiary alicyclic amines) is 1. The summed E-state index contributed by atoms with van der Waals surface area (Å²) in [6.45, 7) is 4.53. The van der Waals surface area contributed by atoms with E-state index in [2.05, 4.69) is 6.07 Å². The molecule has 0 bridgehead atoms. The highest BCUT2D eigenvalue weighted by Gasteiger charge is 2.40. The molecule has 49 heavy (non-hydrogen) atoms. The first-order valence-electron chi connectivity index (χ1n) is 16.9. The Labute approximate surface area is 293 Å². The summed E-state index contributed by atoms with van der Waals surface area (Å²) in [7, 11) is 3.31. The molecule has 0 aliphatic carbocycles. The largest absolute Gasteiger partial charge is 0.384 e. The number of fused-ring (bicyclic) bond motifs is 1. The van der Waals surface area contributed by atoms with Crippen molar-refractivity contribution in [2.24, 2.45) is 5.73 Å². The van der Waals surface area contributed by atoms with Gasteiger partial charge in [-0.15, -0.1) is 11.3 Å². The van der Waals surface area contributed by atoms with E-state index >= 15 is 0 Å². The minimum absolute atomic E-state index is 0.170. The van der Waals surface area contributed by atoms with Gasteiger partial charge in [0.15, 0.2) is 0 Å². The molecule has 3 N–H and O–H groups in total. The third kappa shape index (κ3) is 9.03. The summed E-state index contributed by atoms with van der Waals surface area (Å²) in [4.78, 5) is 48.2. The number of aliphatic hydroxyl groups is 1. The van der Waals surface area contributed by atoms with Gasteiger partial charge in [-0.25, -0.2) is 0 Å². The Morgan fingerprint density at radius 2 is 1.53 bits per heavy atom. The molecule has 5 rings (SSSR count). The van der Waals surface area contributed by atoms with Crippen molar-refractivity contribution in [1.82, 2.24) is 14.7 Å². The number of thiophene rings is 1. The first kappa shape index (κ1) is 36.0. The van der Waals surface area contributed by atoms with Crippen LogP contribution in [0.15, 0.2) is 102 Å². The molecule has 1 fully saturated rings. The summed E-state index contributed by atoms with van der Waals surface area (Å²) >= 11 is 1.52. The molecule has 1 aromatic heterocycles. The van der Waals surface area contributed by atoms with Gasteiger partial charge in [-0.05, 0) is 72.5 Å². The predicted molar refractivity (Wildman–Crippen MR) is 197 cm³/mol. The maximum absolute atomic E-state index is 14.6. The van der Waals surface area contributed by atoms with Crippen molar-refractivity contribution in [1.29, 1.82) is 0 Å². The Morgan fingerprint density at radius 1 is 0.878 bits per heavy atom. The lowest BCUT2D eigenvalue weighted by Gasteiger charge is -2.41. The number of nitrogens with zero attached hydrogens (tertiary/aromatic N) is 3. The maximum atomic E-state index is 14.6. The zero-order valence-electron chi connectivity index (χ0n) is 28.9. The summed E-state index contributed by atoms with van der Waals surface area (Å²) in [5.74, 6) is -0.805. The molecule has 3 aromatic carbocycles. The van der Waals surface area contributed by atoms with Gasteiger partial charge in [0.1, 0.15) is 17.7 Å². The third-order valence-electron chi connectivity index (χ3n) is 9.50. The van der Waals surface area contributed by atoms with Crippen LogP contribution in [0.5, 0.6) is 0 Å². The van der Waals surface area contributed by atoms with E-state index in [0.717, 1.165) is 26.8 Å². The van der Waals surface area contributed by atoms with Crippen LogP contribution in [0.1, 0.15) is 49.1 Å². The predicted octanol–water partition coefficient (Wildman–Crippen LogP) is 5.53. The van der Waals surface area contributed by atoms with Gasteiger partial charge >= 0.3 is 0 Å². The summed E-state index contributed by atoms with van der Waals surface area (Å²) < 4.78 is 0. The van der Waals surface area contributed by atoms with Gasteiger partial charge in [0.05, 0.1) is 0 Å². The van der Waals surface area contributed by atoms with Crippen LogP contribution in [-0.2, 0) is 32.8 Å². The van der Waals surface area contributed by atoms with Crippen LogP contribution in [0, 0.1) is 0 Å². The van der Waals surface area contributed by atoms with Crippen molar-refractivity contribution in [2.45, 2.75) is 69.2 Å². The van der Waals surface area contributed by atoms with Crippen LogP contribution in [0.2, 0.25) is 0 Å². The molecule has 258 valence electrons. The van der Waals surface area contributed by atoms with Crippen LogP contribution < -0.4 is 5.73 Å². The number of amides is 3. The number of carbonyl (C=O) groups excluding carboxylic acids is 3. The van der Waals surface area contributed by atoms with Crippen molar-refractivity contribution >= 4 is 39.8 Å². The van der Waals surface area contributed by atoms with E-state index in [1.54, 1.807) is 25.1 Å². The minimum Gasteiger partial charge on any atom is -0.384 e. The van der Waals surface area contributed by atoms with E-state index < -0.39 is 23.2 Å². The molecule has 1 saturated heterocycles. The highest BCUT2D eigenvalue weighted by atomic mass is 32.1. The molecule has 9 heteroatoms. The average molecular weight is 681 g/mol. The second-order valence-electron chi connectivity index (χ2n) is 13.9. The van der Waals surface area contributed by atoms with Crippen molar-refractivity contribution in [3.63, 3.8) is 0 Å². The fourth-order valence-corrected chi connectivity index (χ4v) is 7.31. The highest BCUT2D eigenvalue weighted by molar-refractivity contribution is 7.10. The Kier molecular flexibility index (Phi) is 11.4. The van der Waals surface area contributed by atoms with Crippen molar-refractivity contribution < 1.29 is 19.5 Å². The van der Waals surface area contributed by atoms with E-state index in [9.17, 15) is 19.5 Å². The van der Waals surface area contributed by atoms with Gasteiger partial charge in [0, 0.05) is 50.4 Å². The summed E-state index contributed by atoms with van der Waals surface area (Å²) in [6.07, 6.45) is 5.15. The van der Waals surface area contributed by atoms with E-state index in [1.807, 2.05) is 98.1 Å². The monoisotopic (exact) mass is 680 g/mol. The standard InChI is InChI=1S/C40H48N4O4S/c1-39(2,41)20-10-17-36(45)42(3)33(28-30-18-19-31-14-8-9-15-32(31)26-30)37(46)43(4)34(27-29-12-6-5-7-13-29)38(47)44-23-21-40(48,22-24-44)35-16-11-25-49-35/h5-19,25-26,33-34,48H,20-24,27-28,41H2,1-4H3/b17-10+/t33-,34-/m1/s1. The lowest BCUT2D eigenvalue weighted by Crippen LogP contribution is -2.57. The molecule has 0 saturated carbocycles. The van der Waals surface area contributed by atoms with Crippen LogP contribution in [0.3, 0.4) is 0 Å². The van der Waals surface area contributed by atoms with Crippen LogP contribution >= 0.6 is 11.3 Å². The lowest BCUT2D eigenvalue weighted by atomic mass is 9.89. The van der Waals surface area contributed by atoms with E-state index in [0.29, 0.717) is 38.8 Å². The molecule has 0 spiro atoms. The molecular weight excluding hydrogens is 633 g/mol. The first-order chi connectivity index (χ1) is 23.3. The van der Waals surface area contributed by atoms with E-state index in [4.69, 9.17) is 5.73 Å². The number of hydrogen-bond donors (Lipinski definition) is 2. The molecule has 0 unspecified atom stereocenters. The molecule has 4 aromatic rings. The molecule has 1 aliphatic heterocycles. The van der Waals surface area contributed by atoms with Gasteiger partial charge in [-0.3, -0.25) is 14.4 Å². The number of piperidine rings is 1. The summed E-state index contributed by atoms with van der Waals surface area (Å²) in [5, 5.41) is 15.4. The van der Waals surface area contributed by atoms with Gasteiger partial charge in [0.2, 0.25) is 17.7 Å². The molecule has 3 amide bonds. The Hall–Kier alpha value is -4.31. The van der Waals surface area contributed by atoms with Crippen LogP contribution in [0.25, 0.3) is 10.8 Å². The molecule has 2 atom stereocenters. The van der Waals surface area contributed by atoms with Crippen molar-refractivity contribution in [3.8, 4) is 0 Å². The smallest absolute Gasteiger partial charge is 0.246 e. The quantitative estimate of drug-likeness (QED) is 0.191. The molecule has 0 radical (unpaired) electrons.